The van der Waals surface area contributed by atoms with Crippen molar-refractivity contribution in [2.24, 2.45) is 0 Å². The van der Waals surface area contributed by atoms with E-state index < -0.39 is 17.5 Å². The van der Waals surface area contributed by atoms with Crippen molar-refractivity contribution in [3.63, 3.8) is 0 Å². The number of anilines is 2. The van der Waals surface area contributed by atoms with Gasteiger partial charge in [0.1, 0.15) is 18.2 Å². The van der Waals surface area contributed by atoms with Gasteiger partial charge in [-0.1, -0.05) is 17.7 Å². The van der Waals surface area contributed by atoms with Crippen LogP contribution in [0.3, 0.4) is 0 Å². The highest BCUT2D eigenvalue weighted by atomic mass is 35.5. The Labute approximate surface area is 250 Å². The number of hydrogen-bond donors (Lipinski definition) is 2. The number of aromatic nitrogens is 8. The molecule has 1 aliphatic heterocycles. The number of alkyl halides is 3. The Morgan fingerprint density at radius 3 is 2.49 bits per heavy atom. The van der Waals surface area contributed by atoms with Crippen molar-refractivity contribution in [1.29, 1.82) is 0 Å². The van der Waals surface area contributed by atoms with E-state index in [9.17, 15) is 18.3 Å². The van der Waals surface area contributed by atoms with Gasteiger partial charge in [-0.3, -0.25) is 4.68 Å². The molecule has 0 unspecified atom stereocenters. The van der Waals surface area contributed by atoms with Crippen molar-refractivity contribution in [1.82, 2.24) is 44.9 Å². The molecular formula is C27H32ClF3N10O2. The lowest BCUT2D eigenvalue weighted by atomic mass is 10.0. The highest BCUT2D eigenvalue weighted by molar-refractivity contribution is 6.32. The summed E-state index contributed by atoms with van der Waals surface area (Å²) in [6.45, 7) is 7.54. The SMILES string of the molecule is C[C@@H](Cn1cnnn1)Oc1cc(-c2cnc(Nc3cn(C4CCN(CC(C)(C)O)CC4)nc3C(F)(F)F)nc2)ccc1Cl. The highest BCUT2D eigenvalue weighted by Crippen LogP contribution is 2.37. The summed E-state index contributed by atoms with van der Waals surface area (Å²) in [5.41, 5.74) is -0.772. The number of piperidine rings is 1. The van der Waals surface area contributed by atoms with Crippen LogP contribution in [0.1, 0.15) is 45.3 Å². The van der Waals surface area contributed by atoms with Crippen LogP contribution in [0.4, 0.5) is 24.8 Å². The molecule has 43 heavy (non-hydrogen) atoms. The molecule has 0 amide bonds. The molecular weight excluding hydrogens is 589 g/mol. The molecule has 5 rings (SSSR count). The van der Waals surface area contributed by atoms with Gasteiger partial charge in [0.25, 0.3) is 0 Å². The number of aliphatic hydroxyl groups is 1. The summed E-state index contributed by atoms with van der Waals surface area (Å²) in [4.78, 5) is 10.6. The van der Waals surface area contributed by atoms with Gasteiger partial charge in [-0.05, 0) is 61.7 Å². The molecule has 0 saturated carbocycles. The van der Waals surface area contributed by atoms with Gasteiger partial charge in [-0.2, -0.15) is 18.3 Å². The molecule has 0 bridgehead atoms. The Morgan fingerprint density at radius 1 is 1.14 bits per heavy atom. The first-order valence-electron chi connectivity index (χ1n) is 13.7. The Hall–Kier alpha value is -3.82. The molecule has 1 atom stereocenters. The second kappa shape index (κ2) is 12.4. The zero-order valence-electron chi connectivity index (χ0n) is 23.8. The molecule has 2 N–H and O–H groups in total. The quantitative estimate of drug-likeness (QED) is 0.259. The van der Waals surface area contributed by atoms with Crippen LogP contribution >= 0.6 is 11.6 Å². The summed E-state index contributed by atoms with van der Waals surface area (Å²) in [6.07, 6.45) is 2.12. The lowest BCUT2D eigenvalue weighted by Crippen LogP contribution is -2.43. The van der Waals surface area contributed by atoms with E-state index in [0.717, 1.165) is 0 Å². The first-order valence-corrected chi connectivity index (χ1v) is 14.1. The van der Waals surface area contributed by atoms with E-state index in [-0.39, 0.29) is 23.8 Å². The summed E-state index contributed by atoms with van der Waals surface area (Å²) in [5, 5.41) is 28.1. The fourth-order valence-electron chi connectivity index (χ4n) is 4.99. The molecule has 1 fully saturated rings. The van der Waals surface area contributed by atoms with Crippen molar-refractivity contribution < 1.29 is 23.0 Å². The topological polar surface area (TPSA) is 132 Å². The van der Waals surface area contributed by atoms with E-state index in [2.05, 4.69) is 40.8 Å². The van der Waals surface area contributed by atoms with Crippen LogP contribution < -0.4 is 10.1 Å². The van der Waals surface area contributed by atoms with Crippen molar-refractivity contribution in [2.75, 3.05) is 25.0 Å². The minimum atomic E-state index is -4.67. The molecule has 12 nitrogen and oxygen atoms in total. The lowest BCUT2D eigenvalue weighted by Gasteiger charge is -2.35. The first-order chi connectivity index (χ1) is 20.3. The molecule has 0 radical (unpaired) electrons. The molecule has 1 aliphatic rings. The second-order valence-electron chi connectivity index (χ2n) is 11.2. The third-order valence-electron chi connectivity index (χ3n) is 6.87. The largest absolute Gasteiger partial charge is 0.487 e. The average Bonchev–Trinajstić information content (AvgIpc) is 3.60. The summed E-state index contributed by atoms with van der Waals surface area (Å²) in [7, 11) is 0. The molecule has 4 aromatic rings. The number of hydrogen-bond acceptors (Lipinski definition) is 10. The van der Waals surface area contributed by atoms with E-state index in [4.69, 9.17) is 16.3 Å². The van der Waals surface area contributed by atoms with Crippen molar-refractivity contribution >= 4 is 23.2 Å². The van der Waals surface area contributed by atoms with E-state index in [0.29, 0.717) is 60.9 Å². The fraction of sp³-hybridized carbons (Fsp3) is 0.481. The number of β-amino-alcohol motifs (C(OH)–C–C–N with tert-alkyl or cyclic N) is 1. The zero-order valence-corrected chi connectivity index (χ0v) is 24.6. The standard InChI is InChI=1S/C27H32ClF3N10O2/c1-17(13-40-16-34-37-38-40)43-23-10-18(4-5-21(23)28)19-11-32-25(33-12-19)35-22-14-41(36-24(22)27(29,30)31)20-6-8-39(9-7-20)15-26(2,3)42/h4-5,10-12,14,16-17,20,42H,6-9,13,15H2,1-3H3,(H,32,33,35)/t17-/m0/s1. The number of halogens is 4. The van der Waals surface area contributed by atoms with Crippen molar-refractivity contribution in [3.8, 4) is 16.9 Å². The minimum Gasteiger partial charge on any atom is -0.487 e. The van der Waals surface area contributed by atoms with E-state index >= 15 is 0 Å². The van der Waals surface area contributed by atoms with Crippen LogP contribution in [0.15, 0.2) is 43.1 Å². The summed E-state index contributed by atoms with van der Waals surface area (Å²) < 4.78 is 50.6. The molecule has 16 heteroatoms. The van der Waals surface area contributed by atoms with Crippen LogP contribution in [-0.2, 0) is 12.7 Å². The van der Waals surface area contributed by atoms with Crippen molar-refractivity contribution in [3.05, 3.63) is 53.8 Å². The Kier molecular flexibility index (Phi) is 8.85. The normalized spacial score (nSPS) is 15.9. The van der Waals surface area contributed by atoms with Gasteiger partial charge in [0.15, 0.2) is 5.69 Å². The number of likely N-dealkylation sites (tertiary alicyclic amines) is 1. The summed E-state index contributed by atoms with van der Waals surface area (Å²) in [5.74, 6) is 0.435. The Balaban J connectivity index is 1.27. The van der Waals surface area contributed by atoms with Gasteiger partial charge in [0.05, 0.1) is 28.9 Å². The molecule has 1 saturated heterocycles. The van der Waals surface area contributed by atoms with Gasteiger partial charge in [-0.25, -0.2) is 14.6 Å². The maximum Gasteiger partial charge on any atom is 0.437 e. The van der Waals surface area contributed by atoms with Gasteiger partial charge < -0.3 is 20.1 Å². The van der Waals surface area contributed by atoms with Crippen LogP contribution in [0.25, 0.3) is 11.1 Å². The molecule has 4 heterocycles. The number of rotatable bonds is 10. The summed E-state index contributed by atoms with van der Waals surface area (Å²) in [6, 6.07) is 4.99. The van der Waals surface area contributed by atoms with Gasteiger partial charge in [-0.15, -0.1) is 5.10 Å². The van der Waals surface area contributed by atoms with Crippen LogP contribution in [0.5, 0.6) is 5.75 Å². The van der Waals surface area contributed by atoms with Gasteiger partial charge >= 0.3 is 6.18 Å². The number of nitrogens with one attached hydrogen (secondary N) is 1. The molecule has 0 spiro atoms. The van der Waals surface area contributed by atoms with E-state index in [1.165, 1.54) is 34.3 Å². The number of benzene rings is 1. The number of nitrogens with zero attached hydrogens (tertiary/aromatic N) is 9. The van der Waals surface area contributed by atoms with Crippen LogP contribution in [-0.4, -0.2) is 81.3 Å². The lowest BCUT2D eigenvalue weighted by molar-refractivity contribution is -0.141. The van der Waals surface area contributed by atoms with E-state index in [1.807, 2.05) is 6.92 Å². The maximum atomic E-state index is 13.9. The maximum absolute atomic E-state index is 13.9. The zero-order chi connectivity index (χ0) is 30.8. The summed E-state index contributed by atoms with van der Waals surface area (Å²) >= 11 is 6.34. The number of tetrazole rings is 1. The van der Waals surface area contributed by atoms with Crippen molar-refractivity contribution in [2.45, 2.75) is 64.1 Å². The third-order valence-corrected chi connectivity index (χ3v) is 7.18. The predicted molar refractivity (Wildman–Crippen MR) is 152 cm³/mol. The minimum absolute atomic E-state index is 0.00528. The molecule has 230 valence electrons. The van der Waals surface area contributed by atoms with Gasteiger partial charge in [0, 0.05) is 43.8 Å². The molecule has 1 aromatic carbocycles. The molecule has 3 aromatic heterocycles. The fourth-order valence-corrected chi connectivity index (χ4v) is 5.15. The smallest absolute Gasteiger partial charge is 0.437 e. The first kappa shape index (κ1) is 30.6. The van der Waals surface area contributed by atoms with Crippen LogP contribution in [0, 0.1) is 0 Å². The Morgan fingerprint density at radius 2 is 1.86 bits per heavy atom. The second-order valence-corrected chi connectivity index (χ2v) is 11.6. The molecule has 0 aliphatic carbocycles. The number of ether oxygens (including phenoxy) is 1. The Bertz CT molecular complexity index is 1500. The average molecular weight is 621 g/mol. The van der Waals surface area contributed by atoms with Crippen LogP contribution in [0.2, 0.25) is 5.02 Å². The highest BCUT2D eigenvalue weighted by Gasteiger charge is 2.38. The predicted octanol–water partition coefficient (Wildman–Crippen LogP) is 4.62. The van der Waals surface area contributed by atoms with Gasteiger partial charge in [0.2, 0.25) is 5.95 Å². The third kappa shape index (κ3) is 7.97. The monoisotopic (exact) mass is 620 g/mol. The van der Waals surface area contributed by atoms with E-state index in [1.54, 1.807) is 32.0 Å².